The van der Waals surface area contributed by atoms with Crippen LogP contribution in [0.4, 0.5) is 5.69 Å². The zero-order valence-electron chi connectivity index (χ0n) is 37.5. The average molecular weight is 813 g/mol. The lowest BCUT2D eigenvalue weighted by Crippen LogP contribution is -2.66. The molecule has 0 spiro atoms. The quantitative estimate of drug-likeness (QED) is 0.237. The van der Waals surface area contributed by atoms with Crippen LogP contribution in [0, 0.1) is 68.0 Å². The number of allylic oxidation sites excluding steroid dienone is 2. The van der Waals surface area contributed by atoms with Crippen molar-refractivity contribution in [3.05, 3.63) is 41.0 Å². The Morgan fingerprint density at radius 3 is 2.19 bits per heavy atom. The average Bonchev–Trinajstić information content (AvgIpc) is 3.47. The minimum absolute atomic E-state index is 0.00383. The number of anilines is 1. The summed E-state index contributed by atoms with van der Waals surface area (Å²) in [6, 6.07) is 8.50. The summed E-state index contributed by atoms with van der Waals surface area (Å²) >= 11 is 0. The summed E-state index contributed by atoms with van der Waals surface area (Å²) in [5, 5.41) is 12.9. The first-order chi connectivity index (χ1) is 27.7. The van der Waals surface area contributed by atoms with Crippen molar-refractivity contribution in [1.29, 1.82) is 0 Å². The van der Waals surface area contributed by atoms with E-state index in [-0.39, 0.29) is 63.2 Å². The number of fused-ring (bicyclic) bond motifs is 7. The Morgan fingerprint density at radius 2 is 1.54 bits per heavy atom. The van der Waals surface area contributed by atoms with Gasteiger partial charge in [0.05, 0.1) is 25.0 Å². The van der Waals surface area contributed by atoms with Crippen LogP contribution in [0.1, 0.15) is 139 Å². The molecule has 324 valence electrons. The van der Waals surface area contributed by atoms with E-state index in [0.29, 0.717) is 37.6 Å². The molecule has 1 heterocycles. The highest BCUT2D eigenvalue weighted by Crippen LogP contribution is 2.77. The molecule has 59 heavy (non-hydrogen) atoms. The van der Waals surface area contributed by atoms with Crippen molar-refractivity contribution in [1.82, 2.24) is 5.32 Å². The molecule has 5 saturated carbocycles. The van der Waals surface area contributed by atoms with Crippen molar-refractivity contribution in [2.24, 2.45) is 68.0 Å². The number of morpholine rings is 1. The van der Waals surface area contributed by atoms with E-state index in [2.05, 4.69) is 82.9 Å². The van der Waals surface area contributed by atoms with Gasteiger partial charge in [-0.05, 0) is 126 Å². The molecule has 9 nitrogen and oxygen atoms in total. The largest absolute Gasteiger partial charge is 0.481 e. The van der Waals surface area contributed by atoms with Crippen LogP contribution in [0.3, 0.4) is 0 Å². The van der Waals surface area contributed by atoms with Gasteiger partial charge in [0, 0.05) is 49.0 Å². The van der Waals surface area contributed by atoms with Crippen molar-refractivity contribution in [3.8, 4) is 0 Å². The second-order valence-electron chi connectivity index (χ2n) is 22.5. The van der Waals surface area contributed by atoms with E-state index in [9.17, 15) is 24.3 Å². The second kappa shape index (κ2) is 14.7. The Morgan fingerprint density at radius 1 is 0.847 bits per heavy atom. The van der Waals surface area contributed by atoms with Crippen molar-refractivity contribution < 1.29 is 33.8 Å². The van der Waals surface area contributed by atoms with Crippen LogP contribution in [-0.4, -0.2) is 61.1 Å². The number of ketones is 1. The van der Waals surface area contributed by atoms with Crippen LogP contribution in [0.5, 0.6) is 0 Å². The Balaban J connectivity index is 0.991. The smallest absolute Gasteiger partial charge is 0.309 e. The van der Waals surface area contributed by atoms with Crippen molar-refractivity contribution in [2.75, 3.05) is 31.2 Å². The SMILES string of the molecule is CC(C)C1=C2[C@H]3CC[C@H]4C(C)(CC[C@H]5C(C)(C)[C@@H](OC(=O)[C@H]6C[C@@H](C(=O)O)C6(C)C)CC[C@@]54C)[C@]3(C)CC[C@@]2(CC(=O)NCc2ccc(N3CCOCC3)cc2)CC1=O. The fourth-order valence-corrected chi connectivity index (χ4v) is 15.3. The van der Waals surface area contributed by atoms with Gasteiger partial charge in [0.25, 0.3) is 0 Å². The van der Waals surface area contributed by atoms with Gasteiger partial charge in [-0.25, -0.2) is 0 Å². The Labute approximate surface area is 353 Å². The molecule has 1 aliphatic heterocycles. The number of carbonyl (C=O) groups is 4. The molecule has 0 aromatic heterocycles. The summed E-state index contributed by atoms with van der Waals surface area (Å²) in [7, 11) is 0. The van der Waals surface area contributed by atoms with Crippen molar-refractivity contribution in [2.45, 2.75) is 146 Å². The Hall–Kier alpha value is -3.20. The number of nitrogens with one attached hydrogen (secondary N) is 1. The van der Waals surface area contributed by atoms with Gasteiger partial charge in [0.1, 0.15) is 6.10 Å². The van der Waals surface area contributed by atoms with Crippen LogP contribution < -0.4 is 10.2 Å². The van der Waals surface area contributed by atoms with Gasteiger partial charge < -0.3 is 24.8 Å². The molecule has 10 atom stereocenters. The number of amides is 1. The standard InChI is InChI=1S/C50H72N2O7/c1-30(2)41-36(53)27-50(28-40(54)51-29-31-10-12-32(13-11-31)52-22-24-58-25-23-52)21-20-48(8)33(42(41)50)14-15-38-47(7)18-17-39(46(5,6)37(47)16-19-49(38,48)9)59-44(57)35-26-34(43(55)56)45(35,3)4/h10-13,30,33-35,37-39H,14-29H2,1-9H3,(H,51,54)(H,55,56)/t33-,34+,35-,37+,38-,39+,47+,48-,49?,50+/m1/s1. The third-order valence-electron chi connectivity index (χ3n) is 18.9. The van der Waals surface area contributed by atoms with Crippen LogP contribution in [0.25, 0.3) is 0 Å². The van der Waals surface area contributed by atoms with Crippen LogP contribution in [0.15, 0.2) is 35.4 Å². The summed E-state index contributed by atoms with van der Waals surface area (Å²) < 4.78 is 11.9. The minimum atomic E-state index is -0.829. The molecule has 9 heteroatoms. The lowest BCUT2D eigenvalue weighted by molar-refractivity contribution is -0.236. The van der Waals surface area contributed by atoms with Crippen LogP contribution in [0.2, 0.25) is 0 Å². The number of hydrogen-bond donors (Lipinski definition) is 2. The molecule has 0 radical (unpaired) electrons. The number of carboxylic acids is 1. The number of nitrogens with zero attached hydrogens (tertiary/aromatic N) is 1. The first kappa shape index (κ1) is 42.5. The first-order valence-corrected chi connectivity index (χ1v) is 23.1. The van der Waals surface area contributed by atoms with Gasteiger partial charge in [-0.15, -0.1) is 0 Å². The van der Waals surface area contributed by atoms with Gasteiger partial charge in [-0.2, -0.15) is 0 Å². The molecule has 8 rings (SSSR count). The third-order valence-corrected chi connectivity index (χ3v) is 18.9. The molecule has 2 N–H and O–H groups in total. The number of benzene rings is 1. The van der Waals surface area contributed by atoms with E-state index in [1.54, 1.807) is 0 Å². The lowest BCUT2D eigenvalue weighted by atomic mass is 9.33. The number of hydrogen-bond acceptors (Lipinski definition) is 7. The van der Waals surface area contributed by atoms with Gasteiger partial charge in [0.2, 0.25) is 5.91 Å². The third kappa shape index (κ3) is 6.54. The fourth-order valence-electron chi connectivity index (χ4n) is 15.3. The van der Waals surface area contributed by atoms with Crippen LogP contribution >= 0.6 is 0 Å². The van der Waals surface area contributed by atoms with Crippen molar-refractivity contribution >= 4 is 29.3 Å². The normalized spacial score (nSPS) is 39.6. The zero-order chi connectivity index (χ0) is 42.5. The number of carbonyl (C=O) groups excluding carboxylic acids is 3. The van der Waals surface area contributed by atoms with Gasteiger partial charge in [0.15, 0.2) is 5.78 Å². The van der Waals surface area contributed by atoms with E-state index in [4.69, 9.17) is 9.47 Å². The monoisotopic (exact) mass is 813 g/mol. The molecular weight excluding hydrogens is 741 g/mol. The molecule has 1 saturated heterocycles. The number of Topliss-reactive ketones (excluding diaryl/α,β-unsaturated/α-hetero) is 1. The molecule has 6 aliphatic carbocycles. The maximum absolute atomic E-state index is 14.2. The first-order valence-electron chi connectivity index (χ1n) is 23.1. The van der Waals surface area contributed by atoms with Crippen molar-refractivity contribution in [3.63, 3.8) is 0 Å². The Bertz CT molecular complexity index is 1890. The molecule has 1 amide bonds. The highest BCUT2D eigenvalue weighted by Gasteiger charge is 2.70. The van der Waals surface area contributed by atoms with E-state index in [0.717, 1.165) is 88.8 Å². The molecule has 1 aromatic carbocycles. The summed E-state index contributed by atoms with van der Waals surface area (Å²) in [5.74, 6) is -0.372. The maximum Gasteiger partial charge on any atom is 0.309 e. The maximum atomic E-state index is 14.2. The minimum Gasteiger partial charge on any atom is -0.481 e. The number of rotatable bonds is 9. The highest BCUT2D eigenvalue weighted by atomic mass is 16.5. The highest BCUT2D eigenvalue weighted by molar-refractivity contribution is 6.01. The molecule has 1 aromatic rings. The molecular formula is C50H72N2O7. The summed E-state index contributed by atoms with van der Waals surface area (Å²) in [5.41, 5.74) is 3.50. The number of esters is 1. The predicted molar refractivity (Wildman–Crippen MR) is 228 cm³/mol. The van der Waals surface area contributed by atoms with E-state index in [1.165, 1.54) is 11.3 Å². The topological polar surface area (TPSA) is 122 Å². The number of aliphatic carboxylic acids is 1. The molecule has 6 fully saturated rings. The molecule has 1 unspecified atom stereocenters. The van der Waals surface area contributed by atoms with E-state index in [1.807, 2.05) is 13.8 Å². The van der Waals surface area contributed by atoms with Gasteiger partial charge in [-0.1, -0.05) is 80.0 Å². The molecule has 7 aliphatic rings. The number of carboxylic acid groups (broad SMARTS) is 1. The number of ether oxygens (including phenoxy) is 2. The fraction of sp³-hybridized carbons (Fsp3) is 0.760. The van der Waals surface area contributed by atoms with E-state index < -0.39 is 22.7 Å². The zero-order valence-corrected chi connectivity index (χ0v) is 37.5. The van der Waals surface area contributed by atoms with Crippen LogP contribution in [-0.2, 0) is 35.2 Å². The van der Waals surface area contributed by atoms with Gasteiger partial charge in [-0.3, -0.25) is 19.2 Å². The molecule has 0 bridgehead atoms. The summed E-state index contributed by atoms with van der Waals surface area (Å²) in [6.07, 6.45) is 8.99. The predicted octanol–water partition coefficient (Wildman–Crippen LogP) is 9.17. The van der Waals surface area contributed by atoms with E-state index >= 15 is 0 Å². The Kier molecular flexibility index (Phi) is 10.6. The second-order valence-corrected chi connectivity index (χ2v) is 22.5. The summed E-state index contributed by atoms with van der Waals surface area (Å²) in [4.78, 5) is 56.0. The lowest BCUT2D eigenvalue weighted by Gasteiger charge is -2.72. The summed E-state index contributed by atoms with van der Waals surface area (Å²) in [6.45, 7) is 24.2. The van der Waals surface area contributed by atoms with Gasteiger partial charge >= 0.3 is 11.9 Å².